The molecule has 3 heteroatoms. The number of amides is 1. The quantitative estimate of drug-likeness (QED) is 0.619. The molecule has 0 aliphatic rings. The maximum Gasteiger partial charge on any atom is 0.241 e. The first kappa shape index (κ1) is 11.2. The van der Waals surface area contributed by atoms with Crippen molar-refractivity contribution >= 4 is 5.91 Å². The maximum absolute atomic E-state index is 10.4. The molecule has 0 saturated heterocycles. The lowest BCUT2D eigenvalue weighted by atomic mass is 10.2. The fraction of sp³-hybridized carbons (Fsp3) is 0.667. The Labute approximate surface area is 74.2 Å². The van der Waals surface area contributed by atoms with E-state index in [0.717, 1.165) is 13.1 Å². The van der Waals surface area contributed by atoms with E-state index < -0.39 is 0 Å². The fourth-order valence-corrected chi connectivity index (χ4v) is 1.16. The molecular weight excluding hydrogens is 152 g/mol. The van der Waals surface area contributed by atoms with Crippen LogP contribution in [-0.2, 0) is 4.79 Å². The minimum absolute atomic E-state index is 0.285. The van der Waals surface area contributed by atoms with E-state index in [-0.39, 0.29) is 11.9 Å². The summed E-state index contributed by atoms with van der Waals surface area (Å²) in [7, 11) is 0. The zero-order valence-electron chi connectivity index (χ0n) is 8.08. The summed E-state index contributed by atoms with van der Waals surface area (Å²) in [6.07, 6.45) is 3.25. The first-order valence-corrected chi connectivity index (χ1v) is 4.33. The van der Waals surface area contributed by atoms with E-state index in [9.17, 15) is 4.79 Å². The van der Waals surface area contributed by atoms with E-state index in [2.05, 4.69) is 18.7 Å². The summed E-state index contributed by atoms with van der Waals surface area (Å²) in [6, 6.07) is 0.285. The van der Waals surface area contributed by atoms with Crippen molar-refractivity contribution in [1.29, 1.82) is 0 Å². The number of carbonyl (C=O) groups is 1. The number of hydrogen-bond donors (Lipinski definition) is 1. The Hall–Kier alpha value is -0.830. The Bertz CT molecular complexity index is 162. The van der Waals surface area contributed by atoms with Crippen LogP contribution in [-0.4, -0.2) is 29.9 Å². The van der Waals surface area contributed by atoms with Crippen LogP contribution in [0.5, 0.6) is 0 Å². The van der Waals surface area contributed by atoms with Crippen molar-refractivity contribution < 1.29 is 4.79 Å². The molecule has 3 nitrogen and oxygen atoms in total. The van der Waals surface area contributed by atoms with E-state index in [1.807, 2.05) is 13.0 Å². The number of rotatable bonds is 5. The Morgan fingerprint density at radius 1 is 1.50 bits per heavy atom. The van der Waals surface area contributed by atoms with E-state index in [1.165, 1.54) is 6.08 Å². The monoisotopic (exact) mass is 170 g/mol. The second kappa shape index (κ2) is 5.77. The van der Waals surface area contributed by atoms with Gasteiger partial charge in [-0.1, -0.05) is 19.9 Å². The molecule has 0 radical (unpaired) electrons. The van der Waals surface area contributed by atoms with Gasteiger partial charge in [0.1, 0.15) is 0 Å². The molecule has 0 fully saturated rings. The van der Waals surface area contributed by atoms with Crippen molar-refractivity contribution in [3.8, 4) is 0 Å². The van der Waals surface area contributed by atoms with Crippen LogP contribution in [0, 0.1) is 0 Å². The average molecular weight is 170 g/mol. The summed E-state index contributed by atoms with van der Waals surface area (Å²) in [5.41, 5.74) is 4.98. The van der Waals surface area contributed by atoms with Crippen LogP contribution in [0.1, 0.15) is 20.8 Å². The van der Waals surface area contributed by atoms with Crippen LogP contribution in [0.15, 0.2) is 12.2 Å². The zero-order valence-corrected chi connectivity index (χ0v) is 8.08. The molecule has 70 valence electrons. The lowest BCUT2D eigenvalue weighted by Crippen LogP contribution is -2.31. The molecule has 0 rings (SSSR count). The molecule has 0 aliphatic heterocycles. The van der Waals surface area contributed by atoms with Crippen LogP contribution in [0.2, 0.25) is 0 Å². The summed E-state index contributed by atoms with van der Waals surface area (Å²) in [6.45, 7) is 8.21. The van der Waals surface area contributed by atoms with Crippen LogP contribution >= 0.6 is 0 Å². The molecule has 0 heterocycles. The lowest BCUT2D eigenvalue weighted by molar-refractivity contribution is -0.113. The van der Waals surface area contributed by atoms with Crippen LogP contribution in [0.4, 0.5) is 0 Å². The molecule has 0 aromatic heterocycles. The van der Waals surface area contributed by atoms with Crippen molar-refractivity contribution in [2.75, 3.05) is 13.1 Å². The number of likely N-dealkylation sites (N-methyl/N-ethyl adjacent to an activating group) is 1. The first-order chi connectivity index (χ1) is 5.61. The highest BCUT2D eigenvalue weighted by Crippen LogP contribution is 1.98. The van der Waals surface area contributed by atoms with Crippen LogP contribution < -0.4 is 5.73 Å². The van der Waals surface area contributed by atoms with Crippen molar-refractivity contribution in [1.82, 2.24) is 4.90 Å². The van der Waals surface area contributed by atoms with Crippen molar-refractivity contribution in [3.05, 3.63) is 12.2 Å². The van der Waals surface area contributed by atoms with Gasteiger partial charge in [0.15, 0.2) is 0 Å². The van der Waals surface area contributed by atoms with Gasteiger partial charge in [-0.15, -0.1) is 0 Å². The van der Waals surface area contributed by atoms with Crippen molar-refractivity contribution in [2.45, 2.75) is 26.8 Å². The van der Waals surface area contributed by atoms with Gasteiger partial charge in [-0.2, -0.15) is 0 Å². The van der Waals surface area contributed by atoms with E-state index >= 15 is 0 Å². The Kier molecular flexibility index (Phi) is 5.37. The maximum atomic E-state index is 10.4. The smallest absolute Gasteiger partial charge is 0.241 e. The van der Waals surface area contributed by atoms with E-state index in [0.29, 0.717) is 0 Å². The van der Waals surface area contributed by atoms with Crippen LogP contribution in [0.3, 0.4) is 0 Å². The molecule has 0 aromatic rings. The number of nitrogens with two attached hydrogens (primary N) is 1. The molecule has 0 spiro atoms. The molecule has 2 N–H and O–H groups in total. The third-order valence-electron chi connectivity index (χ3n) is 1.93. The molecule has 0 aromatic carbocycles. The van der Waals surface area contributed by atoms with Gasteiger partial charge in [-0.3, -0.25) is 9.69 Å². The second-order valence-corrected chi connectivity index (χ2v) is 2.72. The Balaban J connectivity index is 3.99. The summed E-state index contributed by atoms with van der Waals surface area (Å²) in [5.74, 6) is -0.381. The largest absolute Gasteiger partial charge is 0.366 e. The van der Waals surface area contributed by atoms with Gasteiger partial charge in [0.2, 0.25) is 5.91 Å². The standard InChI is InChI=1S/C9H18N2O/c1-4-11(5-2)8(3)6-7-9(10)12/h6-8H,4-5H2,1-3H3,(H2,10,12). The van der Waals surface area contributed by atoms with Gasteiger partial charge in [0.05, 0.1) is 0 Å². The summed E-state index contributed by atoms with van der Waals surface area (Å²) in [5, 5.41) is 0. The predicted octanol–water partition coefficient (Wildman–Crippen LogP) is 0.758. The average Bonchev–Trinajstić information content (AvgIpc) is 2.03. The zero-order chi connectivity index (χ0) is 9.56. The normalized spacial score (nSPS) is 14.0. The Morgan fingerprint density at radius 3 is 2.33 bits per heavy atom. The van der Waals surface area contributed by atoms with Gasteiger partial charge in [-0.25, -0.2) is 0 Å². The third-order valence-corrected chi connectivity index (χ3v) is 1.93. The highest BCUT2D eigenvalue weighted by molar-refractivity contribution is 5.85. The SMILES string of the molecule is CCN(CC)C(C)C=CC(N)=O. The van der Waals surface area contributed by atoms with Gasteiger partial charge in [-0.05, 0) is 20.0 Å². The van der Waals surface area contributed by atoms with Crippen molar-refractivity contribution in [3.63, 3.8) is 0 Å². The molecule has 12 heavy (non-hydrogen) atoms. The number of nitrogens with zero attached hydrogens (tertiary/aromatic N) is 1. The first-order valence-electron chi connectivity index (χ1n) is 4.33. The third kappa shape index (κ3) is 4.13. The number of hydrogen-bond acceptors (Lipinski definition) is 2. The number of primary amides is 1. The topological polar surface area (TPSA) is 46.3 Å². The molecule has 0 bridgehead atoms. The molecule has 1 amide bonds. The molecule has 0 aliphatic carbocycles. The highest BCUT2D eigenvalue weighted by Gasteiger charge is 2.05. The minimum Gasteiger partial charge on any atom is -0.366 e. The predicted molar refractivity (Wildman–Crippen MR) is 50.7 cm³/mol. The highest BCUT2D eigenvalue weighted by atomic mass is 16.1. The van der Waals surface area contributed by atoms with Gasteiger partial charge >= 0.3 is 0 Å². The summed E-state index contributed by atoms with van der Waals surface area (Å²) in [4.78, 5) is 12.7. The van der Waals surface area contributed by atoms with Gasteiger partial charge in [0.25, 0.3) is 0 Å². The van der Waals surface area contributed by atoms with E-state index in [1.54, 1.807) is 0 Å². The Morgan fingerprint density at radius 2 is 2.00 bits per heavy atom. The lowest BCUT2D eigenvalue weighted by Gasteiger charge is -2.23. The molecule has 1 atom stereocenters. The van der Waals surface area contributed by atoms with Crippen molar-refractivity contribution in [2.24, 2.45) is 5.73 Å². The molecule has 0 saturated carbocycles. The van der Waals surface area contributed by atoms with Gasteiger partial charge < -0.3 is 5.73 Å². The summed E-state index contributed by atoms with van der Waals surface area (Å²) < 4.78 is 0. The molecular formula is C9H18N2O. The minimum atomic E-state index is -0.381. The van der Waals surface area contributed by atoms with Crippen LogP contribution in [0.25, 0.3) is 0 Å². The summed E-state index contributed by atoms with van der Waals surface area (Å²) >= 11 is 0. The van der Waals surface area contributed by atoms with E-state index in [4.69, 9.17) is 5.73 Å². The fourth-order valence-electron chi connectivity index (χ4n) is 1.16. The number of carbonyl (C=O) groups excluding carboxylic acids is 1. The van der Waals surface area contributed by atoms with Gasteiger partial charge in [0, 0.05) is 12.1 Å². The molecule has 1 unspecified atom stereocenters. The second-order valence-electron chi connectivity index (χ2n) is 2.72.